The first-order valence-electron chi connectivity index (χ1n) is 8.43. The Morgan fingerprint density at radius 1 is 0.926 bits per heavy atom. The van der Waals surface area contributed by atoms with E-state index in [-0.39, 0.29) is 55.5 Å². The summed E-state index contributed by atoms with van der Waals surface area (Å²) in [6.07, 6.45) is 2.59. The standard InChI is InChI=1S/C17H27N5O.4ClH/c1-20-8-6-16(7-9-20)22-12-10-21(11-13-22)15-4-2-14(3-5-15)17(18)19-23;;;;/h2-5,16,23H,6-13H2,1H3,(H2,18,19);4*1H. The van der Waals surface area contributed by atoms with Gasteiger partial charge in [-0.1, -0.05) is 5.16 Å². The number of oxime groups is 1. The van der Waals surface area contributed by atoms with Crippen molar-refractivity contribution in [2.24, 2.45) is 10.9 Å². The zero-order valence-electron chi connectivity index (χ0n) is 15.5. The summed E-state index contributed by atoms with van der Waals surface area (Å²) in [5, 5.41) is 11.8. The van der Waals surface area contributed by atoms with Gasteiger partial charge in [-0.2, -0.15) is 0 Å². The van der Waals surface area contributed by atoms with Crippen LogP contribution in [0.5, 0.6) is 0 Å². The highest BCUT2D eigenvalue weighted by Crippen LogP contribution is 2.21. The molecular formula is C17H31Cl4N5O. The van der Waals surface area contributed by atoms with E-state index >= 15 is 0 Å². The molecule has 2 aliphatic heterocycles. The minimum absolute atomic E-state index is 0. The van der Waals surface area contributed by atoms with Crippen molar-refractivity contribution in [2.45, 2.75) is 18.9 Å². The summed E-state index contributed by atoms with van der Waals surface area (Å²) < 4.78 is 0. The number of benzene rings is 1. The number of hydrogen-bond acceptors (Lipinski definition) is 5. The van der Waals surface area contributed by atoms with Crippen molar-refractivity contribution in [1.82, 2.24) is 9.80 Å². The van der Waals surface area contributed by atoms with E-state index in [0.29, 0.717) is 0 Å². The molecule has 10 heteroatoms. The molecule has 3 rings (SSSR count). The second-order valence-electron chi connectivity index (χ2n) is 6.59. The van der Waals surface area contributed by atoms with Crippen LogP contribution in [0.25, 0.3) is 0 Å². The minimum atomic E-state index is 0. The molecule has 1 aromatic rings. The number of nitrogens with two attached hydrogens (primary N) is 1. The van der Waals surface area contributed by atoms with Gasteiger partial charge in [-0.25, -0.2) is 0 Å². The van der Waals surface area contributed by atoms with Gasteiger partial charge in [-0.3, -0.25) is 4.90 Å². The molecule has 2 saturated heterocycles. The molecule has 0 spiro atoms. The summed E-state index contributed by atoms with van der Waals surface area (Å²) in [5.41, 5.74) is 7.57. The van der Waals surface area contributed by atoms with E-state index in [9.17, 15) is 0 Å². The first-order chi connectivity index (χ1) is 11.2. The van der Waals surface area contributed by atoms with Crippen molar-refractivity contribution < 1.29 is 5.21 Å². The average molecular weight is 463 g/mol. The van der Waals surface area contributed by atoms with Gasteiger partial charge in [0.05, 0.1) is 0 Å². The molecule has 0 bridgehead atoms. The van der Waals surface area contributed by atoms with E-state index in [1.165, 1.54) is 31.6 Å². The van der Waals surface area contributed by atoms with Gasteiger partial charge in [0.25, 0.3) is 0 Å². The van der Waals surface area contributed by atoms with E-state index in [2.05, 4.69) is 39.0 Å². The fraction of sp³-hybridized carbons (Fsp3) is 0.588. The molecule has 0 unspecified atom stereocenters. The molecule has 0 saturated carbocycles. The van der Waals surface area contributed by atoms with Gasteiger partial charge in [0.2, 0.25) is 0 Å². The number of halogens is 4. The topological polar surface area (TPSA) is 68.3 Å². The molecule has 0 atom stereocenters. The number of hydrogen-bond donors (Lipinski definition) is 2. The van der Waals surface area contributed by atoms with Crippen molar-refractivity contribution in [1.29, 1.82) is 0 Å². The smallest absolute Gasteiger partial charge is 0.170 e. The Balaban J connectivity index is 0. The third-order valence-electron chi connectivity index (χ3n) is 5.15. The lowest BCUT2D eigenvalue weighted by atomic mass is 10.0. The van der Waals surface area contributed by atoms with E-state index in [1.54, 1.807) is 0 Å². The van der Waals surface area contributed by atoms with Gasteiger partial charge >= 0.3 is 0 Å². The van der Waals surface area contributed by atoms with Gasteiger partial charge in [0, 0.05) is 43.5 Å². The van der Waals surface area contributed by atoms with Crippen LogP contribution in [0, 0.1) is 0 Å². The van der Waals surface area contributed by atoms with E-state index < -0.39 is 0 Å². The molecule has 6 nitrogen and oxygen atoms in total. The molecule has 0 aliphatic carbocycles. The van der Waals surface area contributed by atoms with E-state index in [4.69, 9.17) is 10.9 Å². The highest BCUT2D eigenvalue weighted by atomic mass is 35.5. The average Bonchev–Trinajstić information content (AvgIpc) is 2.62. The van der Waals surface area contributed by atoms with E-state index in [0.717, 1.165) is 37.8 Å². The quantitative estimate of drug-likeness (QED) is 0.313. The Labute approximate surface area is 186 Å². The normalized spacial score (nSPS) is 19.1. The highest BCUT2D eigenvalue weighted by molar-refractivity contribution is 5.97. The molecule has 2 aliphatic rings. The lowest BCUT2D eigenvalue weighted by molar-refractivity contribution is 0.115. The predicted octanol–water partition coefficient (Wildman–Crippen LogP) is 2.68. The van der Waals surface area contributed by atoms with Crippen LogP contribution in [0.1, 0.15) is 18.4 Å². The summed E-state index contributed by atoms with van der Waals surface area (Å²) in [6, 6.07) is 8.69. The van der Waals surface area contributed by atoms with Crippen LogP contribution in [-0.2, 0) is 0 Å². The minimum Gasteiger partial charge on any atom is -0.409 e. The largest absolute Gasteiger partial charge is 0.409 e. The molecule has 3 N–H and O–H groups in total. The van der Waals surface area contributed by atoms with Gasteiger partial charge in [-0.05, 0) is 57.2 Å². The lowest BCUT2D eigenvalue weighted by Crippen LogP contribution is -2.53. The van der Waals surface area contributed by atoms with Gasteiger partial charge < -0.3 is 20.7 Å². The number of nitrogens with zero attached hydrogens (tertiary/aromatic N) is 4. The number of likely N-dealkylation sites (tertiary alicyclic amines) is 1. The molecule has 1 aromatic carbocycles. The second-order valence-corrected chi connectivity index (χ2v) is 6.59. The maximum absolute atomic E-state index is 8.72. The van der Waals surface area contributed by atoms with Crippen molar-refractivity contribution >= 4 is 61.2 Å². The summed E-state index contributed by atoms with van der Waals surface area (Å²) in [4.78, 5) is 7.51. The molecule has 2 fully saturated rings. The highest BCUT2D eigenvalue weighted by Gasteiger charge is 2.26. The summed E-state index contributed by atoms with van der Waals surface area (Å²) >= 11 is 0. The zero-order chi connectivity index (χ0) is 16.2. The Hall–Kier alpha value is -0.630. The number of amidine groups is 1. The molecule has 0 aromatic heterocycles. The van der Waals surface area contributed by atoms with Crippen LogP contribution < -0.4 is 10.6 Å². The van der Waals surface area contributed by atoms with Gasteiger partial charge in [0.15, 0.2) is 5.84 Å². The van der Waals surface area contributed by atoms with Crippen molar-refractivity contribution in [2.75, 3.05) is 51.2 Å². The summed E-state index contributed by atoms with van der Waals surface area (Å²) in [6.45, 7) is 6.84. The molecule has 27 heavy (non-hydrogen) atoms. The fourth-order valence-electron chi connectivity index (χ4n) is 3.61. The SMILES string of the molecule is CN1CCC(N2CCN(c3ccc(C(N)=NO)cc3)CC2)CC1.Cl.Cl.Cl.Cl. The zero-order valence-corrected chi connectivity index (χ0v) is 18.8. The lowest BCUT2D eigenvalue weighted by Gasteiger charge is -2.42. The van der Waals surface area contributed by atoms with Gasteiger partial charge in [0.1, 0.15) is 0 Å². The van der Waals surface area contributed by atoms with Crippen LogP contribution in [-0.4, -0.2) is 73.2 Å². The summed E-state index contributed by atoms with van der Waals surface area (Å²) in [7, 11) is 2.21. The predicted molar refractivity (Wildman–Crippen MR) is 122 cm³/mol. The van der Waals surface area contributed by atoms with Crippen LogP contribution in [0.4, 0.5) is 5.69 Å². The number of piperidine rings is 1. The van der Waals surface area contributed by atoms with Crippen molar-refractivity contribution in [3.8, 4) is 0 Å². The van der Waals surface area contributed by atoms with Crippen LogP contribution in [0.15, 0.2) is 29.4 Å². The first-order valence-corrected chi connectivity index (χ1v) is 8.43. The maximum atomic E-state index is 8.72. The third kappa shape index (κ3) is 7.37. The van der Waals surface area contributed by atoms with Crippen LogP contribution >= 0.6 is 49.6 Å². The molecular weight excluding hydrogens is 432 g/mol. The number of piperazine rings is 1. The van der Waals surface area contributed by atoms with Crippen LogP contribution in [0.2, 0.25) is 0 Å². The Bertz CT molecular complexity index is 545. The maximum Gasteiger partial charge on any atom is 0.170 e. The molecule has 0 amide bonds. The van der Waals surface area contributed by atoms with E-state index in [1.807, 2.05) is 12.1 Å². The Kier molecular flexibility index (Phi) is 14.3. The third-order valence-corrected chi connectivity index (χ3v) is 5.15. The fourth-order valence-corrected chi connectivity index (χ4v) is 3.61. The number of anilines is 1. The number of rotatable bonds is 3. The van der Waals surface area contributed by atoms with Crippen molar-refractivity contribution in [3.05, 3.63) is 29.8 Å². The first kappa shape index (κ1) is 28.6. The van der Waals surface area contributed by atoms with Crippen LogP contribution in [0.3, 0.4) is 0 Å². The molecule has 2 heterocycles. The monoisotopic (exact) mass is 461 g/mol. The Morgan fingerprint density at radius 3 is 1.93 bits per heavy atom. The Morgan fingerprint density at radius 2 is 1.44 bits per heavy atom. The summed E-state index contributed by atoms with van der Waals surface area (Å²) in [5.74, 6) is 0.156. The molecule has 158 valence electrons. The van der Waals surface area contributed by atoms with Gasteiger partial charge in [-0.15, -0.1) is 49.6 Å². The van der Waals surface area contributed by atoms with Crippen molar-refractivity contribution in [3.63, 3.8) is 0 Å². The molecule has 0 radical (unpaired) electrons. The second kappa shape index (κ2) is 13.5.